The van der Waals surface area contributed by atoms with Crippen molar-refractivity contribution < 1.29 is 52.2 Å². The summed E-state index contributed by atoms with van der Waals surface area (Å²) in [5.74, 6) is -1.26. The predicted octanol–water partition coefficient (Wildman–Crippen LogP) is 13.3. The molecule has 0 aromatic heterocycles. The van der Waals surface area contributed by atoms with E-state index in [0.717, 1.165) is 44.6 Å². The molecule has 1 rings (SSSR count). The van der Waals surface area contributed by atoms with Crippen molar-refractivity contribution in [1.29, 1.82) is 0 Å². The zero-order chi connectivity index (χ0) is 49.2. The second-order valence-corrected chi connectivity index (χ2v) is 19.1. The van der Waals surface area contributed by atoms with Gasteiger partial charge in [-0.2, -0.15) is 0 Å². The van der Waals surface area contributed by atoms with Gasteiger partial charge >= 0.3 is 19.8 Å². The van der Waals surface area contributed by atoms with Gasteiger partial charge in [0.25, 0.3) is 11.4 Å². The van der Waals surface area contributed by atoms with E-state index in [-0.39, 0.29) is 62.5 Å². The van der Waals surface area contributed by atoms with Gasteiger partial charge in [0.15, 0.2) is 6.10 Å². The summed E-state index contributed by atoms with van der Waals surface area (Å²) in [7, 11) is -4.63. The van der Waals surface area contributed by atoms with Gasteiger partial charge in [-0.1, -0.05) is 174 Å². The van der Waals surface area contributed by atoms with Crippen LogP contribution in [0.5, 0.6) is 0 Å². The lowest BCUT2D eigenvalue weighted by Crippen LogP contribution is -2.30. The van der Waals surface area contributed by atoms with Gasteiger partial charge in [-0.05, 0) is 31.7 Å². The number of benzene rings is 1. The molecule has 0 heterocycles. The standard InChI is InChI=1S/C49H87N4O13P.H3N/c1-3-5-7-9-11-13-15-17-19-21-23-25-29-33-48(55)63-41-44(66-49(56)34-30-26-24-22-20-18-16-14-12-10-8-6-4-2)42-65-67(61,62)64-39-38-51-47(54)32-28-27-31-37-50-45-36-35-43(52(57)58)40-46(45)53(59)60;/h35-36,40,44,50H,3-34,37-39,41-42H2,1-2H3,(H,51,54)(H,61,62);1H3/t44-;/m1./s1. The van der Waals surface area contributed by atoms with Crippen molar-refractivity contribution >= 4 is 42.7 Å². The third-order valence-corrected chi connectivity index (χ3v) is 12.6. The largest absolute Gasteiger partial charge is 0.472 e. The number of phosphoric acid groups is 1. The van der Waals surface area contributed by atoms with Crippen molar-refractivity contribution in [3.05, 3.63) is 38.4 Å². The molecule has 0 fully saturated rings. The van der Waals surface area contributed by atoms with Crippen molar-refractivity contribution in [2.24, 2.45) is 0 Å². The fourth-order valence-corrected chi connectivity index (χ4v) is 8.34. The van der Waals surface area contributed by atoms with E-state index in [9.17, 15) is 44.1 Å². The molecular formula is C49H90N5O13P. The van der Waals surface area contributed by atoms with E-state index in [0.29, 0.717) is 38.6 Å². The van der Waals surface area contributed by atoms with Crippen molar-refractivity contribution in [2.75, 3.05) is 38.2 Å². The van der Waals surface area contributed by atoms with Gasteiger partial charge < -0.3 is 31.2 Å². The Bertz CT molecular complexity index is 1540. The highest BCUT2D eigenvalue weighted by atomic mass is 31.2. The van der Waals surface area contributed by atoms with Gasteiger partial charge in [0.2, 0.25) is 5.91 Å². The highest BCUT2D eigenvalue weighted by Crippen LogP contribution is 2.43. The van der Waals surface area contributed by atoms with E-state index in [1.807, 2.05) is 0 Å². The Kier molecular flexibility index (Phi) is 41.0. The van der Waals surface area contributed by atoms with E-state index in [1.165, 1.54) is 128 Å². The molecule has 68 heavy (non-hydrogen) atoms. The van der Waals surface area contributed by atoms with Crippen molar-refractivity contribution in [1.82, 2.24) is 11.5 Å². The first-order chi connectivity index (χ1) is 32.4. The molecule has 0 saturated carbocycles. The lowest BCUT2D eigenvalue weighted by atomic mass is 10.0. The molecule has 394 valence electrons. The van der Waals surface area contributed by atoms with E-state index in [4.69, 9.17) is 18.5 Å². The molecule has 0 bridgehead atoms. The topological polar surface area (TPSA) is 271 Å². The first kappa shape index (κ1) is 64.3. The predicted molar refractivity (Wildman–Crippen MR) is 268 cm³/mol. The molecule has 0 saturated heterocycles. The van der Waals surface area contributed by atoms with Crippen molar-refractivity contribution in [3.8, 4) is 0 Å². The molecule has 0 aliphatic heterocycles. The number of carbonyl (C=O) groups is 3. The molecule has 19 heteroatoms. The Morgan fingerprint density at radius 3 is 1.54 bits per heavy atom. The smallest absolute Gasteiger partial charge is 0.462 e. The van der Waals surface area contributed by atoms with Crippen LogP contribution in [0.25, 0.3) is 0 Å². The number of anilines is 1. The van der Waals surface area contributed by atoms with Crippen LogP contribution in [0, 0.1) is 20.2 Å². The Labute approximate surface area is 407 Å². The van der Waals surface area contributed by atoms with Crippen LogP contribution in [0.4, 0.5) is 17.1 Å². The highest BCUT2D eigenvalue weighted by molar-refractivity contribution is 7.47. The number of nitro groups is 2. The number of hydrogen-bond acceptors (Lipinski definition) is 14. The monoisotopic (exact) mass is 988 g/mol. The maximum Gasteiger partial charge on any atom is 0.472 e. The summed E-state index contributed by atoms with van der Waals surface area (Å²) in [6.07, 6.45) is 31.8. The molecule has 1 unspecified atom stereocenters. The third kappa shape index (κ3) is 37.2. The van der Waals surface area contributed by atoms with Gasteiger partial charge in [0, 0.05) is 38.4 Å². The lowest BCUT2D eigenvalue weighted by molar-refractivity contribution is -0.393. The quantitative estimate of drug-likeness (QED) is 0.0155. The average Bonchev–Trinajstić information content (AvgIpc) is 3.30. The number of nitrogens with one attached hydrogen (secondary N) is 2. The molecule has 18 nitrogen and oxygen atoms in total. The van der Waals surface area contributed by atoms with E-state index in [1.54, 1.807) is 0 Å². The van der Waals surface area contributed by atoms with Crippen molar-refractivity contribution in [3.63, 3.8) is 0 Å². The number of carbonyl (C=O) groups excluding carboxylic acids is 3. The fraction of sp³-hybridized carbons (Fsp3) is 0.816. The average molecular weight is 988 g/mol. The molecule has 6 N–H and O–H groups in total. The SMILES string of the molecule is CCCCCCCCCCCCCCCC(=O)OC[C@H](COP(=O)(O)OCCNC(=O)CCCCCNc1ccc([N+](=O)[O-])cc1[N+](=O)[O-])OC(=O)CCCCCCCCCCCCCCC.N. The molecular weight excluding hydrogens is 898 g/mol. The summed E-state index contributed by atoms with van der Waals surface area (Å²) in [6.45, 7) is 3.53. The highest BCUT2D eigenvalue weighted by Gasteiger charge is 2.26. The fourth-order valence-electron chi connectivity index (χ4n) is 7.59. The van der Waals surface area contributed by atoms with Crippen LogP contribution >= 0.6 is 7.82 Å². The lowest BCUT2D eigenvalue weighted by Gasteiger charge is -2.20. The number of unbranched alkanes of at least 4 members (excludes halogenated alkanes) is 26. The van der Waals surface area contributed by atoms with E-state index >= 15 is 0 Å². The van der Waals surface area contributed by atoms with Crippen LogP contribution in [0.3, 0.4) is 0 Å². The summed E-state index contributed by atoms with van der Waals surface area (Å²) >= 11 is 0. The number of hydrogen-bond donors (Lipinski definition) is 4. The van der Waals surface area contributed by atoms with Gasteiger partial charge in [0.1, 0.15) is 12.3 Å². The van der Waals surface area contributed by atoms with Crippen LogP contribution in [0.15, 0.2) is 18.2 Å². The van der Waals surface area contributed by atoms with Gasteiger partial charge in [-0.15, -0.1) is 0 Å². The number of nitrogens with zero attached hydrogens (tertiary/aromatic N) is 2. The molecule has 0 aliphatic rings. The van der Waals surface area contributed by atoms with Crippen LogP contribution in [-0.4, -0.2) is 71.6 Å². The van der Waals surface area contributed by atoms with Crippen LogP contribution in [0.1, 0.15) is 219 Å². The summed E-state index contributed by atoms with van der Waals surface area (Å²) in [5, 5.41) is 27.8. The number of amides is 1. The maximum absolute atomic E-state index is 12.8. The molecule has 1 aromatic carbocycles. The molecule has 0 aliphatic carbocycles. The first-order valence-corrected chi connectivity index (χ1v) is 27.3. The summed E-state index contributed by atoms with van der Waals surface area (Å²) in [4.78, 5) is 68.9. The number of nitro benzene ring substituents is 2. The Morgan fingerprint density at radius 1 is 0.603 bits per heavy atom. The number of ether oxygens (including phenoxy) is 2. The number of esters is 2. The minimum Gasteiger partial charge on any atom is -0.462 e. The Balaban J connectivity index is 0.0000449. The minimum atomic E-state index is -4.63. The summed E-state index contributed by atoms with van der Waals surface area (Å²) < 4.78 is 33.8. The maximum atomic E-state index is 12.8. The van der Waals surface area contributed by atoms with Crippen LogP contribution < -0.4 is 16.8 Å². The zero-order valence-electron chi connectivity index (χ0n) is 41.9. The van der Waals surface area contributed by atoms with Crippen LogP contribution in [-0.2, 0) is 37.5 Å². The molecule has 0 radical (unpaired) electrons. The Hall–Kier alpha value is -3.70. The van der Waals surface area contributed by atoms with Gasteiger partial charge in [-0.3, -0.25) is 43.7 Å². The molecule has 2 atom stereocenters. The Morgan fingerprint density at radius 2 is 1.06 bits per heavy atom. The molecule has 1 aromatic rings. The summed E-state index contributed by atoms with van der Waals surface area (Å²) in [6, 6.07) is 3.37. The number of phosphoric ester groups is 1. The number of non-ortho nitro benzene ring substituents is 1. The van der Waals surface area contributed by atoms with E-state index < -0.39 is 48.0 Å². The van der Waals surface area contributed by atoms with Crippen molar-refractivity contribution in [2.45, 2.75) is 225 Å². The van der Waals surface area contributed by atoms with Crippen LogP contribution in [0.2, 0.25) is 0 Å². The zero-order valence-corrected chi connectivity index (χ0v) is 42.8. The normalized spacial score (nSPS) is 12.4. The molecule has 1 amide bonds. The number of rotatable bonds is 47. The minimum absolute atomic E-state index is 0. The second kappa shape index (κ2) is 43.3. The summed E-state index contributed by atoms with van der Waals surface area (Å²) in [5.41, 5.74) is -0.619. The second-order valence-electron chi connectivity index (χ2n) is 17.7. The third-order valence-electron chi connectivity index (χ3n) is 11.6. The van der Waals surface area contributed by atoms with Gasteiger partial charge in [0.05, 0.1) is 29.1 Å². The molecule has 0 spiro atoms. The van der Waals surface area contributed by atoms with Gasteiger partial charge in [-0.25, -0.2) is 4.57 Å². The first-order valence-electron chi connectivity index (χ1n) is 25.8. The van der Waals surface area contributed by atoms with E-state index in [2.05, 4.69) is 24.5 Å².